The molecule has 0 saturated heterocycles. The molecule has 3 nitrogen and oxygen atoms in total. The predicted octanol–water partition coefficient (Wildman–Crippen LogP) is 3.89. The van der Waals surface area contributed by atoms with Gasteiger partial charge in [-0.25, -0.2) is 4.39 Å². The number of hydrogen-bond acceptors (Lipinski definition) is 3. The molecule has 0 aliphatic carbocycles. The number of benzene rings is 1. The molecule has 0 aliphatic heterocycles. The molecule has 0 fully saturated rings. The highest BCUT2D eigenvalue weighted by Crippen LogP contribution is 2.25. The summed E-state index contributed by atoms with van der Waals surface area (Å²) in [5.41, 5.74) is 1.02. The Morgan fingerprint density at radius 2 is 2.05 bits per heavy atom. The molecule has 0 saturated carbocycles. The van der Waals surface area contributed by atoms with Crippen molar-refractivity contribution in [2.24, 2.45) is 0 Å². The molecular weight excluding hydrogens is 311 g/mol. The zero-order chi connectivity index (χ0) is 13.7. The van der Waals surface area contributed by atoms with Crippen LogP contribution >= 0.6 is 15.9 Å². The first-order valence-corrected chi connectivity index (χ1v) is 6.75. The molecular formula is C14H14BrFN2O. The van der Waals surface area contributed by atoms with Crippen molar-refractivity contribution in [3.05, 3.63) is 52.5 Å². The number of rotatable bonds is 5. The summed E-state index contributed by atoms with van der Waals surface area (Å²) in [6, 6.07) is 6.31. The highest BCUT2D eigenvalue weighted by Gasteiger charge is 2.03. The molecule has 19 heavy (non-hydrogen) atoms. The second kappa shape index (κ2) is 6.63. The first-order chi connectivity index (χ1) is 9.17. The minimum Gasteiger partial charge on any atom is -0.456 e. The van der Waals surface area contributed by atoms with Gasteiger partial charge in [0.15, 0.2) is 0 Å². The normalized spacial score (nSPS) is 10.5. The molecule has 100 valence electrons. The van der Waals surface area contributed by atoms with Crippen LogP contribution in [0.4, 0.5) is 4.39 Å². The van der Waals surface area contributed by atoms with Gasteiger partial charge in [0.1, 0.15) is 17.3 Å². The molecule has 1 heterocycles. The number of hydrogen-bond donors (Lipinski definition) is 1. The molecule has 0 atom stereocenters. The maximum absolute atomic E-state index is 13.2. The summed E-state index contributed by atoms with van der Waals surface area (Å²) in [5, 5.41) is 3.21. The number of halogens is 2. The van der Waals surface area contributed by atoms with Crippen LogP contribution in [0.1, 0.15) is 12.5 Å². The fraction of sp³-hybridized carbons (Fsp3) is 0.214. The molecule has 0 spiro atoms. The van der Waals surface area contributed by atoms with E-state index >= 15 is 0 Å². The van der Waals surface area contributed by atoms with Crippen molar-refractivity contribution in [2.75, 3.05) is 6.54 Å². The Morgan fingerprint density at radius 3 is 2.79 bits per heavy atom. The fourth-order valence-electron chi connectivity index (χ4n) is 1.61. The Bertz CT molecular complexity index is 543. The van der Waals surface area contributed by atoms with Crippen LogP contribution in [0.2, 0.25) is 0 Å². The SMILES string of the molecule is CCNCc1cncc(Oc2cc(F)cc(Br)c2)c1. The maximum Gasteiger partial charge on any atom is 0.146 e. The van der Waals surface area contributed by atoms with Crippen LogP contribution < -0.4 is 10.1 Å². The van der Waals surface area contributed by atoms with Gasteiger partial charge in [-0.3, -0.25) is 4.98 Å². The summed E-state index contributed by atoms with van der Waals surface area (Å²) in [7, 11) is 0. The monoisotopic (exact) mass is 324 g/mol. The summed E-state index contributed by atoms with van der Waals surface area (Å²) in [4.78, 5) is 4.11. The summed E-state index contributed by atoms with van der Waals surface area (Å²) in [5.74, 6) is 0.684. The van der Waals surface area contributed by atoms with Crippen LogP contribution in [0.15, 0.2) is 41.1 Å². The molecule has 0 aliphatic rings. The lowest BCUT2D eigenvalue weighted by atomic mass is 10.2. The maximum atomic E-state index is 13.2. The molecule has 5 heteroatoms. The molecule has 1 aromatic carbocycles. The Morgan fingerprint density at radius 1 is 1.21 bits per heavy atom. The summed E-state index contributed by atoms with van der Waals surface area (Å²) in [6.45, 7) is 3.66. The first-order valence-electron chi connectivity index (χ1n) is 5.96. The van der Waals surface area contributed by atoms with E-state index in [1.54, 1.807) is 18.5 Å². The van der Waals surface area contributed by atoms with Crippen molar-refractivity contribution in [1.29, 1.82) is 0 Å². The van der Waals surface area contributed by atoms with E-state index in [0.717, 1.165) is 18.7 Å². The lowest BCUT2D eigenvalue weighted by molar-refractivity contribution is 0.473. The van der Waals surface area contributed by atoms with Gasteiger partial charge < -0.3 is 10.1 Å². The summed E-state index contributed by atoms with van der Waals surface area (Å²) >= 11 is 3.23. The van der Waals surface area contributed by atoms with Gasteiger partial charge in [-0.1, -0.05) is 22.9 Å². The van der Waals surface area contributed by atoms with E-state index in [-0.39, 0.29) is 5.82 Å². The van der Waals surface area contributed by atoms with E-state index < -0.39 is 0 Å². The highest BCUT2D eigenvalue weighted by atomic mass is 79.9. The average Bonchev–Trinajstić information content (AvgIpc) is 2.35. The van der Waals surface area contributed by atoms with Gasteiger partial charge in [0.05, 0.1) is 6.20 Å². The van der Waals surface area contributed by atoms with E-state index in [9.17, 15) is 4.39 Å². The highest BCUT2D eigenvalue weighted by molar-refractivity contribution is 9.10. The smallest absolute Gasteiger partial charge is 0.146 e. The number of pyridine rings is 1. The van der Waals surface area contributed by atoms with Crippen LogP contribution in [0.25, 0.3) is 0 Å². The zero-order valence-electron chi connectivity index (χ0n) is 10.5. The molecule has 2 rings (SSSR count). The van der Waals surface area contributed by atoms with Crippen LogP contribution in [0, 0.1) is 5.82 Å². The number of ether oxygens (including phenoxy) is 1. The van der Waals surface area contributed by atoms with Crippen molar-refractivity contribution >= 4 is 15.9 Å². The van der Waals surface area contributed by atoms with Gasteiger partial charge in [0.2, 0.25) is 0 Å². The van der Waals surface area contributed by atoms with Gasteiger partial charge in [0, 0.05) is 23.3 Å². The quantitative estimate of drug-likeness (QED) is 0.906. The topological polar surface area (TPSA) is 34.2 Å². The molecule has 2 aromatic rings. The van der Waals surface area contributed by atoms with Gasteiger partial charge in [0.25, 0.3) is 0 Å². The Hall–Kier alpha value is -1.46. The van der Waals surface area contributed by atoms with Crippen LogP contribution in [-0.2, 0) is 6.54 Å². The van der Waals surface area contributed by atoms with E-state index in [4.69, 9.17) is 4.74 Å². The van der Waals surface area contributed by atoms with Crippen LogP contribution in [0.5, 0.6) is 11.5 Å². The van der Waals surface area contributed by atoms with Crippen LogP contribution in [0.3, 0.4) is 0 Å². The summed E-state index contributed by atoms with van der Waals surface area (Å²) < 4.78 is 19.5. The van der Waals surface area contributed by atoms with Crippen molar-refractivity contribution in [3.63, 3.8) is 0 Å². The Labute approximate surface area is 119 Å². The minimum atomic E-state index is -0.346. The lowest BCUT2D eigenvalue weighted by Crippen LogP contribution is -2.11. The Balaban J connectivity index is 2.13. The van der Waals surface area contributed by atoms with Crippen molar-refractivity contribution < 1.29 is 9.13 Å². The molecule has 1 N–H and O–H groups in total. The average molecular weight is 325 g/mol. The van der Waals surface area contributed by atoms with E-state index in [1.165, 1.54) is 12.1 Å². The van der Waals surface area contributed by atoms with E-state index in [0.29, 0.717) is 16.0 Å². The van der Waals surface area contributed by atoms with Crippen molar-refractivity contribution in [1.82, 2.24) is 10.3 Å². The van der Waals surface area contributed by atoms with Gasteiger partial charge in [-0.15, -0.1) is 0 Å². The number of nitrogens with zero attached hydrogens (tertiary/aromatic N) is 1. The van der Waals surface area contributed by atoms with Gasteiger partial charge in [-0.2, -0.15) is 0 Å². The van der Waals surface area contributed by atoms with Crippen LogP contribution in [-0.4, -0.2) is 11.5 Å². The lowest BCUT2D eigenvalue weighted by Gasteiger charge is -2.08. The van der Waals surface area contributed by atoms with Crippen molar-refractivity contribution in [3.8, 4) is 11.5 Å². The summed E-state index contributed by atoms with van der Waals surface area (Å²) in [6.07, 6.45) is 3.38. The van der Waals surface area contributed by atoms with Crippen molar-refractivity contribution in [2.45, 2.75) is 13.5 Å². The number of nitrogens with one attached hydrogen (secondary N) is 1. The molecule has 0 radical (unpaired) electrons. The molecule has 0 amide bonds. The van der Waals surface area contributed by atoms with E-state index in [2.05, 4.69) is 26.2 Å². The predicted molar refractivity (Wildman–Crippen MR) is 75.8 cm³/mol. The van der Waals surface area contributed by atoms with Gasteiger partial charge >= 0.3 is 0 Å². The first kappa shape index (κ1) is 14.0. The second-order valence-corrected chi connectivity index (χ2v) is 4.93. The third-order valence-corrected chi connectivity index (χ3v) is 2.88. The molecule has 1 aromatic heterocycles. The minimum absolute atomic E-state index is 0.346. The number of aromatic nitrogens is 1. The largest absolute Gasteiger partial charge is 0.456 e. The fourth-order valence-corrected chi connectivity index (χ4v) is 2.05. The third-order valence-electron chi connectivity index (χ3n) is 2.42. The standard InChI is InChI=1S/C14H14BrFN2O/c1-2-17-7-10-3-14(9-18-8-10)19-13-5-11(15)4-12(16)6-13/h3-6,8-9,17H,2,7H2,1H3. The Kier molecular flexibility index (Phi) is 4.87. The third kappa shape index (κ3) is 4.29. The zero-order valence-corrected chi connectivity index (χ0v) is 12.1. The molecule has 0 unspecified atom stereocenters. The molecule has 0 bridgehead atoms. The van der Waals surface area contributed by atoms with E-state index in [1.807, 2.05) is 13.0 Å². The van der Waals surface area contributed by atoms with Gasteiger partial charge in [-0.05, 0) is 30.3 Å². The second-order valence-electron chi connectivity index (χ2n) is 4.02.